The lowest BCUT2D eigenvalue weighted by Crippen LogP contribution is -2.50. The third kappa shape index (κ3) is 3.91. The zero-order valence-corrected chi connectivity index (χ0v) is 15.1. The van der Waals surface area contributed by atoms with Gasteiger partial charge in [0.25, 0.3) is 0 Å². The summed E-state index contributed by atoms with van der Waals surface area (Å²) in [6, 6.07) is -0.743. The number of rotatable bonds is 6. The van der Waals surface area contributed by atoms with E-state index in [1.165, 1.54) is 4.90 Å². The van der Waals surface area contributed by atoms with E-state index in [0.717, 1.165) is 0 Å². The molecule has 0 aromatic heterocycles. The Labute approximate surface area is 145 Å². The Bertz CT molecular complexity index is 530. The number of amides is 3. The molecule has 5 nitrogen and oxygen atoms in total. The van der Waals surface area contributed by atoms with Gasteiger partial charge in [-0.25, -0.2) is 0 Å². The highest BCUT2D eigenvalue weighted by atomic mass is 79.9. The molecule has 1 aliphatic heterocycles. The molecule has 1 saturated heterocycles. The van der Waals surface area contributed by atoms with Crippen molar-refractivity contribution in [1.29, 1.82) is 0 Å². The molecule has 0 aromatic carbocycles. The van der Waals surface area contributed by atoms with Gasteiger partial charge in [0, 0.05) is 11.0 Å². The van der Waals surface area contributed by atoms with E-state index in [0.29, 0.717) is 23.7 Å². The topological polar surface area (TPSA) is 66.5 Å². The molecule has 3 atom stereocenters. The third-order valence-electron chi connectivity index (χ3n) is 4.31. The summed E-state index contributed by atoms with van der Waals surface area (Å²) >= 11 is 3.19. The molecule has 0 saturated carbocycles. The van der Waals surface area contributed by atoms with Crippen LogP contribution in [0.1, 0.15) is 33.1 Å². The highest BCUT2D eigenvalue weighted by molar-refractivity contribution is 9.11. The summed E-state index contributed by atoms with van der Waals surface area (Å²) < 4.78 is 0.645. The maximum atomic E-state index is 12.7. The first kappa shape index (κ1) is 17.9. The molecule has 0 spiro atoms. The Hall–Kier alpha value is -1.43. The summed E-state index contributed by atoms with van der Waals surface area (Å²) in [6.07, 6.45) is 5.52. The second kappa shape index (κ2) is 7.43. The lowest BCUT2D eigenvalue weighted by Gasteiger charge is -2.27. The quantitative estimate of drug-likeness (QED) is 0.566. The predicted molar refractivity (Wildman–Crippen MR) is 91.5 cm³/mol. The number of fused-ring (bicyclic) bond motifs is 1. The number of carbonyl (C=O) groups is 3. The van der Waals surface area contributed by atoms with E-state index >= 15 is 0 Å². The summed E-state index contributed by atoms with van der Waals surface area (Å²) in [7, 11) is 0. The van der Waals surface area contributed by atoms with Crippen LogP contribution in [0.5, 0.6) is 0 Å². The Morgan fingerprint density at radius 3 is 2.26 bits per heavy atom. The number of nitrogens with one attached hydrogen (secondary N) is 1. The average Bonchev–Trinajstić information content (AvgIpc) is 2.74. The van der Waals surface area contributed by atoms with E-state index in [9.17, 15) is 14.4 Å². The van der Waals surface area contributed by atoms with Crippen molar-refractivity contribution >= 4 is 33.7 Å². The molecule has 6 heteroatoms. The lowest BCUT2D eigenvalue weighted by atomic mass is 9.85. The minimum Gasteiger partial charge on any atom is -0.350 e. The van der Waals surface area contributed by atoms with Gasteiger partial charge in [0.1, 0.15) is 6.04 Å². The van der Waals surface area contributed by atoms with Crippen LogP contribution < -0.4 is 5.32 Å². The molecule has 1 aliphatic carbocycles. The summed E-state index contributed by atoms with van der Waals surface area (Å²) in [6.45, 7) is 7.91. The van der Waals surface area contributed by atoms with Crippen LogP contribution in [0.3, 0.4) is 0 Å². The smallest absolute Gasteiger partial charge is 0.243 e. The zero-order chi connectivity index (χ0) is 17.1. The van der Waals surface area contributed by atoms with Gasteiger partial charge in [-0.15, -0.1) is 0 Å². The van der Waals surface area contributed by atoms with E-state index in [2.05, 4.69) is 27.8 Å². The molecule has 3 amide bonds. The van der Waals surface area contributed by atoms with Crippen molar-refractivity contribution in [3.63, 3.8) is 0 Å². The van der Waals surface area contributed by atoms with E-state index in [1.807, 2.05) is 26.0 Å². The standard InChI is InChI=1S/C17H23BrN2O3/c1-10(2)8-14(15(21)19-9-11(3)18)20-16(22)12-6-4-5-7-13(12)17(20)23/h4-5,10,12-14H,3,6-9H2,1-2H3,(H,19,21). The van der Waals surface area contributed by atoms with Gasteiger partial charge < -0.3 is 5.32 Å². The summed E-state index contributed by atoms with van der Waals surface area (Å²) in [5, 5.41) is 2.74. The SMILES string of the molecule is C=C(Br)CNC(=O)C(CC(C)C)N1C(=O)C2CC=CCC2C1=O. The van der Waals surface area contributed by atoms with E-state index in [4.69, 9.17) is 0 Å². The monoisotopic (exact) mass is 382 g/mol. The Balaban J connectivity index is 2.21. The minimum absolute atomic E-state index is 0.194. The van der Waals surface area contributed by atoms with Crippen LogP contribution in [0.15, 0.2) is 23.2 Å². The number of allylic oxidation sites excluding steroid dienone is 2. The predicted octanol–water partition coefficient (Wildman–Crippen LogP) is 2.38. The van der Waals surface area contributed by atoms with Crippen LogP contribution in [0.25, 0.3) is 0 Å². The fourth-order valence-electron chi connectivity index (χ4n) is 3.21. The first-order valence-electron chi connectivity index (χ1n) is 7.95. The van der Waals surface area contributed by atoms with Crippen LogP contribution >= 0.6 is 15.9 Å². The Morgan fingerprint density at radius 1 is 1.30 bits per heavy atom. The molecule has 1 N–H and O–H groups in total. The summed E-state index contributed by atoms with van der Waals surface area (Å²) in [4.78, 5) is 39.1. The molecule has 0 bridgehead atoms. The van der Waals surface area contributed by atoms with Crippen molar-refractivity contribution in [2.45, 2.75) is 39.2 Å². The molecule has 1 fully saturated rings. The van der Waals surface area contributed by atoms with Gasteiger partial charge in [-0.3, -0.25) is 19.3 Å². The van der Waals surface area contributed by atoms with Crippen molar-refractivity contribution in [3.8, 4) is 0 Å². The molecule has 1 heterocycles. The summed E-state index contributed by atoms with van der Waals surface area (Å²) in [5.41, 5.74) is 0. The van der Waals surface area contributed by atoms with Crippen molar-refractivity contribution in [2.24, 2.45) is 17.8 Å². The van der Waals surface area contributed by atoms with Gasteiger partial charge in [0.15, 0.2) is 0 Å². The molecule has 2 aliphatic rings. The van der Waals surface area contributed by atoms with Crippen LogP contribution in [0, 0.1) is 17.8 Å². The maximum Gasteiger partial charge on any atom is 0.243 e. The molecule has 3 unspecified atom stereocenters. The minimum atomic E-state index is -0.743. The Morgan fingerprint density at radius 2 is 1.83 bits per heavy atom. The molecule has 0 radical (unpaired) electrons. The molecule has 126 valence electrons. The molecule has 23 heavy (non-hydrogen) atoms. The number of nitrogens with zero attached hydrogens (tertiary/aromatic N) is 1. The summed E-state index contributed by atoms with van der Waals surface area (Å²) in [5.74, 6) is -1.13. The van der Waals surface area contributed by atoms with Crippen LogP contribution in [0.2, 0.25) is 0 Å². The highest BCUT2D eigenvalue weighted by Crippen LogP contribution is 2.37. The first-order chi connectivity index (χ1) is 10.8. The van der Waals surface area contributed by atoms with Gasteiger partial charge in [0.05, 0.1) is 11.8 Å². The van der Waals surface area contributed by atoms with Crippen molar-refractivity contribution in [3.05, 3.63) is 23.2 Å². The van der Waals surface area contributed by atoms with Crippen molar-refractivity contribution in [1.82, 2.24) is 10.2 Å². The second-order valence-corrected chi connectivity index (χ2v) is 7.70. The molecule has 0 aromatic rings. The van der Waals surface area contributed by atoms with Crippen LogP contribution in [-0.4, -0.2) is 35.2 Å². The largest absolute Gasteiger partial charge is 0.350 e. The number of carbonyl (C=O) groups excluding carboxylic acids is 3. The maximum absolute atomic E-state index is 12.7. The fraction of sp³-hybridized carbons (Fsp3) is 0.588. The van der Waals surface area contributed by atoms with Gasteiger partial charge >= 0.3 is 0 Å². The number of hydrogen-bond donors (Lipinski definition) is 1. The van der Waals surface area contributed by atoms with Gasteiger partial charge in [-0.05, 0) is 25.2 Å². The number of halogens is 1. The number of imide groups is 1. The van der Waals surface area contributed by atoms with Gasteiger partial charge in [-0.1, -0.05) is 48.5 Å². The van der Waals surface area contributed by atoms with E-state index in [1.54, 1.807) is 0 Å². The Kier molecular flexibility index (Phi) is 5.79. The number of hydrogen-bond acceptors (Lipinski definition) is 3. The fourth-order valence-corrected chi connectivity index (χ4v) is 3.35. The van der Waals surface area contributed by atoms with Crippen molar-refractivity contribution in [2.75, 3.05) is 6.54 Å². The average molecular weight is 383 g/mol. The zero-order valence-electron chi connectivity index (χ0n) is 13.5. The first-order valence-corrected chi connectivity index (χ1v) is 8.75. The second-order valence-electron chi connectivity index (χ2n) is 6.58. The highest BCUT2D eigenvalue weighted by Gasteiger charge is 2.51. The van der Waals surface area contributed by atoms with Gasteiger partial charge in [-0.2, -0.15) is 0 Å². The van der Waals surface area contributed by atoms with Gasteiger partial charge in [0.2, 0.25) is 17.7 Å². The van der Waals surface area contributed by atoms with Crippen LogP contribution in [0.4, 0.5) is 0 Å². The van der Waals surface area contributed by atoms with Crippen LogP contribution in [-0.2, 0) is 14.4 Å². The van der Waals surface area contributed by atoms with E-state index < -0.39 is 6.04 Å². The van der Waals surface area contributed by atoms with E-state index in [-0.39, 0.29) is 42.0 Å². The van der Waals surface area contributed by atoms with Crippen molar-refractivity contribution < 1.29 is 14.4 Å². The lowest BCUT2D eigenvalue weighted by molar-refractivity contribution is -0.148. The molecular weight excluding hydrogens is 360 g/mol. The molecular formula is C17H23BrN2O3. The molecule has 2 rings (SSSR count). The normalized spacial score (nSPS) is 24.8. The number of likely N-dealkylation sites (tertiary alicyclic amines) is 1. The third-order valence-corrected chi connectivity index (χ3v) is 4.59.